The third kappa shape index (κ3) is 5.81. The lowest BCUT2D eigenvalue weighted by atomic mass is 10.1. The molecule has 146 valence electrons. The first-order valence-corrected chi connectivity index (χ1v) is 8.71. The second-order valence-electron chi connectivity index (χ2n) is 6.38. The van der Waals surface area contributed by atoms with Gasteiger partial charge in [0.1, 0.15) is 0 Å². The zero-order valence-corrected chi connectivity index (χ0v) is 16.4. The van der Waals surface area contributed by atoms with Gasteiger partial charge in [0.15, 0.2) is 6.61 Å². The Hall–Kier alpha value is -3.41. The third-order valence-corrected chi connectivity index (χ3v) is 4.03. The smallest absolute Gasteiger partial charge is 0.337 e. The largest absolute Gasteiger partial charge is 0.465 e. The molecule has 0 atom stereocenters. The summed E-state index contributed by atoms with van der Waals surface area (Å²) in [5.41, 5.74) is 4.87. The van der Waals surface area contributed by atoms with Crippen molar-refractivity contribution in [2.24, 2.45) is 0 Å². The van der Waals surface area contributed by atoms with Gasteiger partial charge in [-0.3, -0.25) is 4.79 Å². The second kappa shape index (κ2) is 9.50. The minimum atomic E-state index is -0.635. The van der Waals surface area contributed by atoms with Gasteiger partial charge in [-0.1, -0.05) is 29.8 Å². The first-order chi connectivity index (χ1) is 13.3. The van der Waals surface area contributed by atoms with Crippen molar-refractivity contribution in [3.05, 3.63) is 70.3 Å². The molecule has 2 aromatic carbocycles. The van der Waals surface area contributed by atoms with Crippen molar-refractivity contribution in [3.63, 3.8) is 0 Å². The molecule has 28 heavy (non-hydrogen) atoms. The summed E-state index contributed by atoms with van der Waals surface area (Å²) in [6.07, 6.45) is 2.76. The second-order valence-corrected chi connectivity index (χ2v) is 6.38. The summed E-state index contributed by atoms with van der Waals surface area (Å²) in [7, 11) is 1.31. The predicted octanol–water partition coefficient (Wildman–Crippen LogP) is 3.59. The van der Waals surface area contributed by atoms with Gasteiger partial charge in [-0.25, -0.2) is 9.59 Å². The lowest BCUT2D eigenvalue weighted by molar-refractivity contribution is -0.142. The number of hydrogen-bond donors (Lipinski definition) is 1. The fraction of sp³-hybridized carbons (Fsp3) is 0.227. The van der Waals surface area contributed by atoms with Gasteiger partial charge in [0.05, 0.1) is 12.7 Å². The van der Waals surface area contributed by atoms with E-state index in [0.717, 1.165) is 22.4 Å². The number of aryl methyl sites for hydroxylation is 3. The zero-order valence-electron chi connectivity index (χ0n) is 16.4. The number of rotatable bonds is 6. The quantitative estimate of drug-likeness (QED) is 0.611. The van der Waals surface area contributed by atoms with Gasteiger partial charge in [-0.05, 0) is 55.7 Å². The topological polar surface area (TPSA) is 81.7 Å². The minimum absolute atomic E-state index is 0.378. The lowest BCUT2D eigenvalue weighted by Gasteiger charge is -2.12. The van der Waals surface area contributed by atoms with E-state index in [2.05, 4.69) is 10.1 Å². The van der Waals surface area contributed by atoms with E-state index in [9.17, 15) is 14.4 Å². The highest BCUT2D eigenvalue weighted by atomic mass is 16.5. The summed E-state index contributed by atoms with van der Waals surface area (Å²) in [6.45, 7) is 5.44. The van der Waals surface area contributed by atoms with Crippen molar-refractivity contribution < 1.29 is 23.9 Å². The van der Waals surface area contributed by atoms with Crippen molar-refractivity contribution in [2.45, 2.75) is 20.8 Å². The van der Waals surface area contributed by atoms with Crippen LogP contribution in [0.5, 0.6) is 0 Å². The van der Waals surface area contributed by atoms with Crippen molar-refractivity contribution in [1.29, 1.82) is 0 Å². The van der Waals surface area contributed by atoms with Crippen LogP contribution in [-0.2, 0) is 19.1 Å². The highest BCUT2D eigenvalue weighted by Crippen LogP contribution is 2.21. The van der Waals surface area contributed by atoms with Crippen LogP contribution in [0.2, 0.25) is 0 Å². The summed E-state index contributed by atoms with van der Waals surface area (Å²) in [5, 5.41) is 2.77. The Kier molecular flexibility index (Phi) is 7.09. The first-order valence-electron chi connectivity index (χ1n) is 8.71. The highest BCUT2D eigenvalue weighted by Gasteiger charge is 2.10. The van der Waals surface area contributed by atoms with E-state index in [4.69, 9.17) is 4.74 Å². The number of carbonyl (C=O) groups excluding carboxylic acids is 3. The summed E-state index contributed by atoms with van der Waals surface area (Å²) in [6, 6.07) is 10.5. The molecule has 0 bridgehead atoms. The molecule has 0 spiro atoms. The van der Waals surface area contributed by atoms with E-state index < -0.39 is 17.8 Å². The molecule has 0 aliphatic carbocycles. The fourth-order valence-corrected chi connectivity index (χ4v) is 2.75. The number of amides is 1. The number of anilines is 1. The molecule has 6 nitrogen and oxygen atoms in total. The van der Waals surface area contributed by atoms with E-state index in [1.165, 1.54) is 19.3 Å². The molecule has 0 aliphatic rings. The van der Waals surface area contributed by atoms with Crippen molar-refractivity contribution >= 4 is 29.6 Å². The summed E-state index contributed by atoms with van der Waals surface area (Å²) < 4.78 is 9.59. The Morgan fingerprint density at radius 3 is 2.18 bits per heavy atom. The van der Waals surface area contributed by atoms with E-state index in [1.807, 2.05) is 32.9 Å². The first kappa shape index (κ1) is 20.9. The monoisotopic (exact) mass is 381 g/mol. The van der Waals surface area contributed by atoms with E-state index in [0.29, 0.717) is 11.1 Å². The zero-order chi connectivity index (χ0) is 20.7. The van der Waals surface area contributed by atoms with Crippen LogP contribution in [0.15, 0.2) is 42.5 Å². The number of methoxy groups -OCH3 is 1. The van der Waals surface area contributed by atoms with E-state index in [1.54, 1.807) is 24.3 Å². The van der Waals surface area contributed by atoms with Crippen LogP contribution in [0.3, 0.4) is 0 Å². The van der Waals surface area contributed by atoms with Crippen molar-refractivity contribution in [1.82, 2.24) is 0 Å². The Bertz CT molecular complexity index is 890. The van der Waals surface area contributed by atoms with Crippen molar-refractivity contribution in [2.75, 3.05) is 19.0 Å². The maximum Gasteiger partial charge on any atom is 0.337 e. The van der Waals surface area contributed by atoms with Crippen LogP contribution in [0, 0.1) is 20.8 Å². The maximum atomic E-state index is 12.1. The number of hydrogen-bond acceptors (Lipinski definition) is 5. The SMILES string of the molecule is COC(=O)c1ccc(/C=C/C(=O)OCC(=O)Nc2c(C)cc(C)cc2C)cc1. The predicted molar refractivity (Wildman–Crippen MR) is 107 cm³/mol. The molecule has 0 saturated carbocycles. The highest BCUT2D eigenvalue weighted by molar-refractivity contribution is 5.96. The number of carbonyl (C=O) groups is 3. The van der Waals surface area contributed by atoms with Gasteiger partial charge < -0.3 is 14.8 Å². The third-order valence-electron chi connectivity index (χ3n) is 4.03. The molecule has 0 aliphatic heterocycles. The van der Waals surface area contributed by atoms with Crippen LogP contribution in [0.25, 0.3) is 6.08 Å². The Morgan fingerprint density at radius 1 is 1.00 bits per heavy atom. The summed E-state index contributed by atoms with van der Waals surface area (Å²) in [4.78, 5) is 35.2. The molecule has 0 saturated heterocycles. The number of nitrogens with one attached hydrogen (secondary N) is 1. The van der Waals surface area contributed by atoms with E-state index in [-0.39, 0.29) is 6.61 Å². The minimum Gasteiger partial charge on any atom is -0.465 e. The molecule has 0 radical (unpaired) electrons. The van der Waals surface area contributed by atoms with Crippen LogP contribution in [-0.4, -0.2) is 31.6 Å². The van der Waals surface area contributed by atoms with Crippen LogP contribution < -0.4 is 5.32 Å². The van der Waals surface area contributed by atoms with Gasteiger partial charge >= 0.3 is 11.9 Å². The number of benzene rings is 2. The van der Waals surface area contributed by atoms with Gasteiger partial charge in [0.2, 0.25) is 0 Å². The molecule has 1 N–H and O–H groups in total. The van der Waals surface area contributed by atoms with Gasteiger partial charge in [0.25, 0.3) is 5.91 Å². The molecule has 0 heterocycles. The van der Waals surface area contributed by atoms with Gasteiger partial charge in [0, 0.05) is 11.8 Å². The normalized spacial score (nSPS) is 10.6. The average molecular weight is 381 g/mol. The molecule has 0 unspecified atom stereocenters. The van der Waals surface area contributed by atoms with Crippen molar-refractivity contribution in [3.8, 4) is 0 Å². The number of esters is 2. The molecule has 0 aromatic heterocycles. The average Bonchev–Trinajstić information content (AvgIpc) is 2.67. The Labute approximate surface area is 164 Å². The molecular formula is C22H23NO5. The lowest BCUT2D eigenvalue weighted by Crippen LogP contribution is -2.21. The fourth-order valence-electron chi connectivity index (χ4n) is 2.75. The molecule has 2 rings (SSSR count). The van der Waals surface area contributed by atoms with Crippen LogP contribution in [0.4, 0.5) is 5.69 Å². The van der Waals surface area contributed by atoms with E-state index >= 15 is 0 Å². The summed E-state index contributed by atoms with van der Waals surface area (Å²) >= 11 is 0. The molecular weight excluding hydrogens is 358 g/mol. The maximum absolute atomic E-state index is 12.1. The molecule has 2 aromatic rings. The molecule has 1 amide bonds. The van der Waals surface area contributed by atoms with Gasteiger partial charge in [-0.15, -0.1) is 0 Å². The molecule has 6 heteroatoms. The summed E-state index contributed by atoms with van der Waals surface area (Å²) in [5.74, 6) is -1.47. The van der Waals surface area contributed by atoms with Gasteiger partial charge in [-0.2, -0.15) is 0 Å². The van der Waals surface area contributed by atoms with Crippen LogP contribution >= 0.6 is 0 Å². The Morgan fingerprint density at radius 2 is 1.61 bits per heavy atom. The Balaban J connectivity index is 1.87. The van der Waals surface area contributed by atoms with Crippen LogP contribution in [0.1, 0.15) is 32.6 Å². The number of ether oxygens (including phenoxy) is 2. The standard InChI is InChI=1S/C22H23NO5/c1-14-11-15(2)21(16(3)12-14)23-19(24)13-28-20(25)10-7-17-5-8-18(9-6-17)22(26)27-4/h5-12H,13H2,1-4H3,(H,23,24)/b10-7+. The molecule has 0 fully saturated rings.